The molecule has 10 heavy (non-hydrogen) atoms. The maximum absolute atomic E-state index is 5.19. The van der Waals surface area contributed by atoms with E-state index in [0.29, 0.717) is 5.82 Å². The zero-order valence-electron chi connectivity index (χ0n) is 6.51. The van der Waals surface area contributed by atoms with Crippen molar-refractivity contribution in [1.82, 2.24) is 0 Å². The molecule has 0 rings (SSSR count). The summed E-state index contributed by atoms with van der Waals surface area (Å²) >= 11 is 0. The van der Waals surface area contributed by atoms with Gasteiger partial charge in [-0.15, -0.1) is 0 Å². The highest BCUT2D eigenvalue weighted by Gasteiger charge is 1.76. The van der Waals surface area contributed by atoms with E-state index in [9.17, 15) is 0 Å². The summed E-state index contributed by atoms with van der Waals surface area (Å²) in [6, 6.07) is 0. The van der Waals surface area contributed by atoms with Gasteiger partial charge >= 0.3 is 0 Å². The Hall–Kier alpha value is -0.920. The van der Waals surface area contributed by atoms with Gasteiger partial charge < -0.3 is 11.5 Å². The van der Waals surface area contributed by atoms with Crippen molar-refractivity contribution < 1.29 is 0 Å². The first-order valence-electron chi connectivity index (χ1n) is 3.65. The average Bonchev–Trinajstić information content (AvgIpc) is 1.87. The predicted molar refractivity (Wildman–Crippen MR) is 45.1 cm³/mol. The largest absolute Gasteiger partial charge is 0.386 e. The van der Waals surface area contributed by atoms with E-state index in [1.165, 1.54) is 12.8 Å². The highest BCUT2D eigenvalue weighted by atomic mass is 14.8. The van der Waals surface area contributed by atoms with Gasteiger partial charge in [0.15, 0.2) is 0 Å². The molecule has 2 nitrogen and oxygen atoms in total. The Kier molecular flexibility index (Phi) is 5.63. The van der Waals surface area contributed by atoms with Crippen molar-refractivity contribution in [3.8, 4) is 0 Å². The number of rotatable bonds is 4. The van der Waals surface area contributed by atoms with Crippen molar-refractivity contribution in [2.24, 2.45) is 11.5 Å². The normalized spacial score (nSPS) is 10.1. The summed E-state index contributed by atoms with van der Waals surface area (Å²) in [5.41, 5.74) is 10.4. The molecule has 0 aliphatic heterocycles. The van der Waals surface area contributed by atoms with E-state index in [0.717, 1.165) is 6.42 Å². The lowest BCUT2D eigenvalue weighted by atomic mass is 10.2. The zero-order valence-corrected chi connectivity index (χ0v) is 6.51. The summed E-state index contributed by atoms with van der Waals surface area (Å²) in [7, 11) is 0. The molecule has 0 saturated heterocycles. The summed E-state index contributed by atoms with van der Waals surface area (Å²) in [4.78, 5) is 0. The zero-order chi connectivity index (χ0) is 7.82. The van der Waals surface area contributed by atoms with Gasteiger partial charge in [-0.1, -0.05) is 31.9 Å². The van der Waals surface area contributed by atoms with Crippen LogP contribution in [0.1, 0.15) is 26.2 Å². The predicted octanol–water partition coefficient (Wildman–Crippen LogP) is 1.49. The molecular weight excluding hydrogens is 124 g/mol. The van der Waals surface area contributed by atoms with E-state index < -0.39 is 0 Å². The fourth-order valence-corrected chi connectivity index (χ4v) is 0.597. The first kappa shape index (κ1) is 9.08. The molecule has 0 spiro atoms. The number of hydrogen-bond donors (Lipinski definition) is 2. The Morgan fingerprint density at radius 2 is 2.10 bits per heavy atom. The molecule has 0 atom stereocenters. The molecule has 0 heterocycles. The van der Waals surface area contributed by atoms with E-state index in [-0.39, 0.29) is 0 Å². The van der Waals surface area contributed by atoms with Crippen LogP contribution in [0.4, 0.5) is 0 Å². The van der Waals surface area contributed by atoms with Crippen molar-refractivity contribution in [2.75, 3.05) is 0 Å². The Labute approximate surface area is 62.6 Å². The smallest absolute Gasteiger partial charge is 0.0933 e. The lowest BCUT2D eigenvalue weighted by Gasteiger charge is -1.87. The van der Waals surface area contributed by atoms with Crippen LogP contribution in [-0.4, -0.2) is 0 Å². The average molecular weight is 140 g/mol. The van der Waals surface area contributed by atoms with Gasteiger partial charge in [-0.2, -0.15) is 0 Å². The van der Waals surface area contributed by atoms with E-state index in [1.54, 1.807) is 6.08 Å². The van der Waals surface area contributed by atoms with E-state index in [4.69, 9.17) is 11.5 Å². The summed E-state index contributed by atoms with van der Waals surface area (Å²) in [6.07, 6.45) is 9.24. The molecule has 0 unspecified atom stereocenters. The van der Waals surface area contributed by atoms with Gasteiger partial charge in [0.25, 0.3) is 0 Å². The van der Waals surface area contributed by atoms with Crippen molar-refractivity contribution in [1.29, 1.82) is 0 Å². The summed E-state index contributed by atoms with van der Waals surface area (Å²) in [6.45, 7) is 2.17. The van der Waals surface area contributed by atoms with Gasteiger partial charge in [0.1, 0.15) is 0 Å². The maximum Gasteiger partial charge on any atom is 0.0933 e. The van der Waals surface area contributed by atoms with Crippen LogP contribution in [0.5, 0.6) is 0 Å². The summed E-state index contributed by atoms with van der Waals surface area (Å²) in [5, 5.41) is 0. The van der Waals surface area contributed by atoms with Crippen LogP contribution in [0.3, 0.4) is 0 Å². The highest BCUT2D eigenvalue weighted by molar-refractivity contribution is 5.06. The lowest BCUT2D eigenvalue weighted by Crippen LogP contribution is -2.06. The minimum atomic E-state index is 0.368. The molecule has 0 fully saturated rings. The van der Waals surface area contributed by atoms with Gasteiger partial charge in [0.2, 0.25) is 0 Å². The number of hydrogen-bond acceptors (Lipinski definition) is 2. The van der Waals surface area contributed by atoms with Gasteiger partial charge in [0.05, 0.1) is 5.82 Å². The van der Waals surface area contributed by atoms with Crippen LogP contribution < -0.4 is 11.5 Å². The lowest BCUT2D eigenvalue weighted by molar-refractivity contribution is 0.815. The number of nitrogens with two attached hydrogens (primary N) is 2. The van der Waals surface area contributed by atoms with E-state index in [1.807, 2.05) is 6.08 Å². The second kappa shape index (κ2) is 6.20. The van der Waals surface area contributed by atoms with Crippen LogP contribution in [0.25, 0.3) is 0 Å². The van der Waals surface area contributed by atoms with Crippen LogP contribution >= 0.6 is 0 Å². The molecule has 0 aromatic heterocycles. The third-order valence-electron chi connectivity index (χ3n) is 1.15. The molecule has 0 radical (unpaired) electrons. The molecule has 0 amide bonds. The van der Waals surface area contributed by atoms with Crippen molar-refractivity contribution in [2.45, 2.75) is 26.2 Å². The summed E-state index contributed by atoms with van der Waals surface area (Å²) < 4.78 is 0. The monoisotopic (exact) mass is 140 g/mol. The Morgan fingerprint density at radius 1 is 1.40 bits per heavy atom. The SMILES string of the molecule is CCCC/C=C/C=C(N)N. The molecule has 0 aromatic carbocycles. The quantitative estimate of drug-likeness (QED) is 0.459. The molecule has 2 heteroatoms. The topological polar surface area (TPSA) is 52.0 Å². The van der Waals surface area contributed by atoms with Crippen molar-refractivity contribution >= 4 is 0 Å². The van der Waals surface area contributed by atoms with Crippen molar-refractivity contribution in [3.05, 3.63) is 24.0 Å². The highest BCUT2D eigenvalue weighted by Crippen LogP contribution is 1.94. The number of unbranched alkanes of at least 4 members (excludes halogenated alkanes) is 2. The molecule has 0 aliphatic rings. The third-order valence-corrected chi connectivity index (χ3v) is 1.15. The minimum absolute atomic E-state index is 0.368. The first-order chi connectivity index (χ1) is 4.77. The Morgan fingerprint density at radius 3 is 2.60 bits per heavy atom. The molecule has 0 aliphatic carbocycles. The fraction of sp³-hybridized carbons (Fsp3) is 0.500. The molecule has 4 N–H and O–H groups in total. The minimum Gasteiger partial charge on any atom is -0.386 e. The van der Waals surface area contributed by atoms with Gasteiger partial charge in [-0.05, 0) is 12.5 Å². The fourth-order valence-electron chi connectivity index (χ4n) is 0.597. The van der Waals surface area contributed by atoms with E-state index >= 15 is 0 Å². The molecule has 0 bridgehead atoms. The van der Waals surface area contributed by atoms with Crippen LogP contribution in [0, 0.1) is 0 Å². The Bertz CT molecular complexity index is 121. The standard InChI is InChI=1S/C8H16N2/c1-2-3-4-5-6-7-8(9)10/h5-7H,2-4,9-10H2,1H3/b6-5+. The second-order valence-electron chi connectivity index (χ2n) is 2.24. The maximum atomic E-state index is 5.19. The van der Waals surface area contributed by atoms with Crippen molar-refractivity contribution in [3.63, 3.8) is 0 Å². The summed E-state index contributed by atoms with van der Waals surface area (Å²) in [5.74, 6) is 0.368. The molecule has 58 valence electrons. The van der Waals surface area contributed by atoms with Crippen LogP contribution in [-0.2, 0) is 0 Å². The Balaban J connectivity index is 3.29. The first-order valence-corrected chi connectivity index (χ1v) is 3.65. The third kappa shape index (κ3) is 7.08. The second-order valence-corrected chi connectivity index (χ2v) is 2.24. The van der Waals surface area contributed by atoms with Crippen LogP contribution in [0.2, 0.25) is 0 Å². The van der Waals surface area contributed by atoms with Gasteiger partial charge in [-0.25, -0.2) is 0 Å². The van der Waals surface area contributed by atoms with Gasteiger partial charge in [-0.3, -0.25) is 0 Å². The van der Waals surface area contributed by atoms with Gasteiger partial charge in [0, 0.05) is 0 Å². The number of allylic oxidation sites excluding steroid dienone is 3. The molecule has 0 aromatic rings. The van der Waals surface area contributed by atoms with E-state index in [2.05, 4.69) is 13.0 Å². The molecular formula is C8H16N2. The van der Waals surface area contributed by atoms with Crippen LogP contribution in [0.15, 0.2) is 24.0 Å². The molecule has 0 saturated carbocycles.